The van der Waals surface area contributed by atoms with Crippen molar-refractivity contribution in [1.82, 2.24) is 5.32 Å². The Kier molecular flexibility index (Phi) is 4.72. The van der Waals surface area contributed by atoms with Gasteiger partial charge in [-0.3, -0.25) is 9.59 Å². The number of carbonyl (C=O) groups is 2. The molecule has 1 aromatic rings. The largest absolute Gasteiger partial charge is 0.368 e. The molecular formula is C12H13ClN2O2. The second kappa shape index (κ2) is 6.06. The van der Waals surface area contributed by atoms with E-state index in [1.807, 2.05) is 6.07 Å². The van der Waals surface area contributed by atoms with Gasteiger partial charge in [0.15, 0.2) is 0 Å². The van der Waals surface area contributed by atoms with Crippen LogP contribution in [-0.2, 0) is 9.59 Å². The summed E-state index contributed by atoms with van der Waals surface area (Å²) >= 11 is 5.79. The van der Waals surface area contributed by atoms with Crippen LogP contribution in [0.2, 0.25) is 5.02 Å². The molecule has 0 aromatic heterocycles. The lowest BCUT2D eigenvalue weighted by Crippen LogP contribution is -2.41. The summed E-state index contributed by atoms with van der Waals surface area (Å²) in [6, 6.07) is 6.38. The lowest BCUT2D eigenvalue weighted by molar-refractivity contribution is -0.124. The van der Waals surface area contributed by atoms with Crippen LogP contribution in [0.1, 0.15) is 12.5 Å². The number of amides is 2. The maximum absolute atomic E-state index is 11.4. The van der Waals surface area contributed by atoms with Gasteiger partial charge in [-0.25, -0.2) is 0 Å². The highest BCUT2D eigenvalue weighted by Crippen LogP contribution is 2.11. The molecule has 90 valence electrons. The Labute approximate surface area is 104 Å². The van der Waals surface area contributed by atoms with Crippen molar-refractivity contribution in [3.8, 4) is 0 Å². The second-order valence-corrected chi connectivity index (χ2v) is 3.96. The molecule has 0 aliphatic rings. The molecule has 1 unspecified atom stereocenters. The van der Waals surface area contributed by atoms with Crippen LogP contribution in [0.15, 0.2) is 30.3 Å². The molecule has 0 heterocycles. The first-order chi connectivity index (χ1) is 7.99. The molecule has 5 heteroatoms. The standard InChI is InChI=1S/C12H13ClN2O2/c1-8(12(14)17)15-11(16)6-5-9-3-2-4-10(13)7-9/h2-8H,1H3,(H2,14,17)(H,15,16)/b6-5+. The molecule has 1 aromatic carbocycles. The molecule has 0 fully saturated rings. The number of benzene rings is 1. The van der Waals surface area contributed by atoms with E-state index in [-0.39, 0.29) is 5.91 Å². The van der Waals surface area contributed by atoms with E-state index in [4.69, 9.17) is 17.3 Å². The van der Waals surface area contributed by atoms with Gasteiger partial charge in [0, 0.05) is 11.1 Å². The zero-order chi connectivity index (χ0) is 12.8. The first-order valence-electron chi connectivity index (χ1n) is 5.02. The summed E-state index contributed by atoms with van der Waals surface area (Å²) in [4.78, 5) is 22.1. The van der Waals surface area contributed by atoms with Gasteiger partial charge in [0.05, 0.1) is 0 Å². The minimum Gasteiger partial charge on any atom is -0.368 e. The van der Waals surface area contributed by atoms with Gasteiger partial charge < -0.3 is 11.1 Å². The first-order valence-corrected chi connectivity index (χ1v) is 5.40. The van der Waals surface area contributed by atoms with E-state index in [9.17, 15) is 9.59 Å². The van der Waals surface area contributed by atoms with E-state index < -0.39 is 11.9 Å². The first kappa shape index (κ1) is 13.3. The van der Waals surface area contributed by atoms with Gasteiger partial charge >= 0.3 is 0 Å². The summed E-state index contributed by atoms with van der Waals surface area (Å²) in [7, 11) is 0. The van der Waals surface area contributed by atoms with Gasteiger partial charge in [0.1, 0.15) is 6.04 Å². The van der Waals surface area contributed by atoms with Crippen LogP contribution in [-0.4, -0.2) is 17.9 Å². The highest BCUT2D eigenvalue weighted by atomic mass is 35.5. The smallest absolute Gasteiger partial charge is 0.244 e. The van der Waals surface area contributed by atoms with Crippen molar-refractivity contribution in [2.75, 3.05) is 0 Å². The fraction of sp³-hybridized carbons (Fsp3) is 0.167. The minimum atomic E-state index is -0.688. The van der Waals surface area contributed by atoms with E-state index in [1.54, 1.807) is 24.3 Å². The zero-order valence-corrected chi connectivity index (χ0v) is 10.1. The average molecular weight is 253 g/mol. The van der Waals surface area contributed by atoms with Crippen LogP contribution in [0, 0.1) is 0 Å². The molecule has 4 nitrogen and oxygen atoms in total. The summed E-state index contributed by atoms with van der Waals surface area (Å²) < 4.78 is 0. The molecule has 1 atom stereocenters. The van der Waals surface area contributed by atoms with Gasteiger partial charge in [0.25, 0.3) is 0 Å². The highest BCUT2D eigenvalue weighted by Gasteiger charge is 2.09. The van der Waals surface area contributed by atoms with E-state index in [0.717, 1.165) is 5.56 Å². The molecule has 0 spiro atoms. The van der Waals surface area contributed by atoms with Gasteiger partial charge in [-0.1, -0.05) is 23.7 Å². The zero-order valence-electron chi connectivity index (χ0n) is 9.31. The molecule has 17 heavy (non-hydrogen) atoms. The predicted molar refractivity (Wildman–Crippen MR) is 67.3 cm³/mol. The van der Waals surface area contributed by atoms with Crippen molar-refractivity contribution in [2.45, 2.75) is 13.0 Å². The van der Waals surface area contributed by atoms with Crippen molar-refractivity contribution in [3.05, 3.63) is 40.9 Å². The number of hydrogen-bond acceptors (Lipinski definition) is 2. The maximum atomic E-state index is 11.4. The predicted octanol–water partition coefficient (Wildman–Crippen LogP) is 1.34. The summed E-state index contributed by atoms with van der Waals surface area (Å²) in [5, 5.41) is 3.03. The Morgan fingerprint density at radius 2 is 2.18 bits per heavy atom. The van der Waals surface area contributed by atoms with Crippen LogP contribution in [0.5, 0.6) is 0 Å². The Morgan fingerprint density at radius 1 is 1.47 bits per heavy atom. The van der Waals surface area contributed by atoms with Gasteiger partial charge in [-0.2, -0.15) is 0 Å². The van der Waals surface area contributed by atoms with E-state index in [0.29, 0.717) is 5.02 Å². The van der Waals surface area contributed by atoms with Crippen molar-refractivity contribution >= 4 is 29.5 Å². The topological polar surface area (TPSA) is 72.2 Å². The molecule has 3 N–H and O–H groups in total. The Morgan fingerprint density at radius 3 is 2.76 bits per heavy atom. The fourth-order valence-corrected chi connectivity index (χ4v) is 1.31. The van der Waals surface area contributed by atoms with E-state index in [1.165, 1.54) is 13.0 Å². The van der Waals surface area contributed by atoms with Crippen molar-refractivity contribution in [2.24, 2.45) is 5.73 Å². The number of nitrogens with one attached hydrogen (secondary N) is 1. The van der Waals surface area contributed by atoms with Crippen molar-refractivity contribution < 1.29 is 9.59 Å². The number of halogens is 1. The highest BCUT2D eigenvalue weighted by molar-refractivity contribution is 6.30. The van der Waals surface area contributed by atoms with Crippen molar-refractivity contribution in [1.29, 1.82) is 0 Å². The molecule has 0 bridgehead atoms. The number of primary amides is 1. The molecule has 0 saturated carbocycles. The third-order valence-corrected chi connectivity index (χ3v) is 2.30. The lowest BCUT2D eigenvalue weighted by Gasteiger charge is -2.06. The third-order valence-electron chi connectivity index (χ3n) is 2.06. The molecule has 0 radical (unpaired) electrons. The molecule has 0 aliphatic carbocycles. The molecular weight excluding hydrogens is 240 g/mol. The van der Waals surface area contributed by atoms with Gasteiger partial charge in [0.2, 0.25) is 11.8 Å². The number of rotatable bonds is 4. The van der Waals surface area contributed by atoms with Gasteiger partial charge in [-0.15, -0.1) is 0 Å². The van der Waals surface area contributed by atoms with Crippen LogP contribution in [0.3, 0.4) is 0 Å². The Bertz CT molecular complexity index is 458. The number of hydrogen-bond donors (Lipinski definition) is 2. The van der Waals surface area contributed by atoms with Crippen molar-refractivity contribution in [3.63, 3.8) is 0 Å². The average Bonchev–Trinajstić information content (AvgIpc) is 2.26. The lowest BCUT2D eigenvalue weighted by atomic mass is 10.2. The van der Waals surface area contributed by atoms with Gasteiger partial charge in [-0.05, 0) is 30.7 Å². The molecule has 2 amide bonds. The van der Waals surface area contributed by atoms with Crippen LogP contribution in [0.25, 0.3) is 6.08 Å². The second-order valence-electron chi connectivity index (χ2n) is 3.52. The van der Waals surface area contributed by atoms with E-state index in [2.05, 4.69) is 5.32 Å². The van der Waals surface area contributed by atoms with Crippen LogP contribution < -0.4 is 11.1 Å². The molecule has 1 rings (SSSR count). The number of carbonyl (C=O) groups excluding carboxylic acids is 2. The van der Waals surface area contributed by atoms with E-state index >= 15 is 0 Å². The normalized spacial score (nSPS) is 12.4. The maximum Gasteiger partial charge on any atom is 0.244 e. The fourth-order valence-electron chi connectivity index (χ4n) is 1.11. The minimum absolute atomic E-state index is 0.378. The molecule has 0 aliphatic heterocycles. The third kappa shape index (κ3) is 4.70. The van der Waals surface area contributed by atoms with Crippen LogP contribution >= 0.6 is 11.6 Å². The van der Waals surface area contributed by atoms with Crippen LogP contribution in [0.4, 0.5) is 0 Å². The summed E-state index contributed by atoms with van der Waals surface area (Å²) in [6.45, 7) is 1.52. The summed E-state index contributed by atoms with van der Waals surface area (Å²) in [5.74, 6) is -0.953. The Balaban J connectivity index is 2.59. The number of nitrogens with two attached hydrogens (primary N) is 1. The molecule has 0 saturated heterocycles. The summed E-state index contributed by atoms with van der Waals surface area (Å²) in [5.41, 5.74) is 5.82. The Hall–Kier alpha value is -1.81. The summed E-state index contributed by atoms with van der Waals surface area (Å²) in [6.07, 6.45) is 2.93. The quantitative estimate of drug-likeness (QED) is 0.794. The SMILES string of the molecule is CC(NC(=O)/C=C/c1cccc(Cl)c1)C(N)=O. The monoisotopic (exact) mass is 252 g/mol.